The number of halogens is 3. The Morgan fingerprint density at radius 1 is 0.969 bits per heavy atom. The molecular formula is C24H27F3N2O3. The van der Waals surface area contributed by atoms with Crippen molar-refractivity contribution < 1.29 is 27.9 Å². The fourth-order valence-electron chi connectivity index (χ4n) is 4.36. The van der Waals surface area contributed by atoms with Crippen molar-refractivity contribution in [2.45, 2.75) is 57.3 Å². The van der Waals surface area contributed by atoms with E-state index in [1.54, 1.807) is 6.07 Å². The normalized spacial score (nSPS) is 17.1. The number of hydrogen-bond acceptors (Lipinski definition) is 3. The molecule has 1 aliphatic heterocycles. The van der Waals surface area contributed by atoms with Crippen molar-refractivity contribution in [3.05, 3.63) is 59.2 Å². The predicted molar refractivity (Wildman–Crippen MR) is 115 cm³/mol. The van der Waals surface area contributed by atoms with Crippen molar-refractivity contribution >= 4 is 11.9 Å². The van der Waals surface area contributed by atoms with Crippen molar-refractivity contribution in [2.75, 3.05) is 6.54 Å². The SMILES string of the molecule is NC(=O)c1cccc(-c2ccc3c(c2)CCN(C2CCCCC2)C3)c1.O=C(O)C(F)(F)F. The molecule has 172 valence electrons. The van der Waals surface area contributed by atoms with Crippen LogP contribution in [0.4, 0.5) is 13.2 Å². The number of carboxylic acid groups (broad SMARTS) is 1. The van der Waals surface area contributed by atoms with Crippen LogP contribution in [0.5, 0.6) is 0 Å². The molecule has 2 aliphatic rings. The molecule has 8 heteroatoms. The molecule has 1 amide bonds. The second-order valence-corrected chi connectivity index (χ2v) is 8.24. The zero-order valence-corrected chi connectivity index (χ0v) is 17.7. The minimum Gasteiger partial charge on any atom is -0.475 e. The lowest BCUT2D eigenvalue weighted by molar-refractivity contribution is -0.192. The minimum atomic E-state index is -5.08. The number of carboxylic acids is 1. The van der Waals surface area contributed by atoms with Crippen LogP contribution in [-0.2, 0) is 17.8 Å². The van der Waals surface area contributed by atoms with Gasteiger partial charge in [-0.25, -0.2) is 4.79 Å². The van der Waals surface area contributed by atoms with Crippen LogP contribution in [0.1, 0.15) is 53.6 Å². The van der Waals surface area contributed by atoms with E-state index in [1.807, 2.05) is 18.2 Å². The van der Waals surface area contributed by atoms with Crippen LogP contribution in [0.3, 0.4) is 0 Å². The molecule has 0 radical (unpaired) electrons. The van der Waals surface area contributed by atoms with Gasteiger partial charge in [-0.05, 0) is 53.6 Å². The lowest BCUT2D eigenvalue weighted by Crippen LogP contribution is -2.40. The summed E-state index contributed by atoms with van der Waals surface area (Å²) in [5, 5.41) is 7.12. The summed E-state index contributed by atoms with van der Waals surface area (Å²) in [5.74, 6) is -3.13. The lowest BCUT2D eigenvalue weighted by atomic mass is 9.90. The average Bonchev–Trinajstić information content (AvgIpc) is 2.79. The molecule has 2 aromatic rings. The summed E-state index contributed by atoms with van der Waals surface area (Å²) in [7, 11) is 0. The van der Waals surface area contributed by atoms with E-state index in [-0.39, 0.29) is 5.91 Å². The smallest absolute Gasteiger partial charge is 0.475 e. The average molecular weight is 448 g/mol. The van der Waals surface area contributed by atoms with Gasteiger partial charge in [-0.1, -0.05) is 49.6 Å². The van der Waals surface area contributed by atoms with Crippen LogP contribution >= 0.6 is 0 Å². The molecule has 0 atom stereocenters. The van der Waals surface area contributed by atoms with Gasteiger partial charge in [0.1, 0.15) is 0 Å². The van der Waals surface area contributed by atoms with Crippen LogP contribution in [0, 0.1) is 0 Å². The van der Waals surface area contributed by atoms with Crippen molar-refractivity contribution in [1.29, 1.82) is 0 Å². The fraction of sp³-hybridized carbons (Fsp3) is 0.417. The Morgan fingerprint density at radius 2 is 1.62 bits per heavy atom. The predicted octanol–water partition coefficient (Wildman–Crippen LogP) is 4.78. The van der Waals surface area contributed by atoms with Crippen molar-refractivity contribution in [1.82, 2.24) is 4.90 Å². The maximum absolute atomic E-state index is 11.4. The third-order valence-corrected chi connectivity index (χ3v) is 6.06. The Balaban J connectivity index is 0.000000360. The number of alkyl halides is 3. The van der Waals surface area contributed by atoms with Gasteiger partial charge in [-0.15, -0.1) is 0 Å². The Labute approximate surface area is 185 Å². The number of hydrogen-bond donors (Lipinski definition) is 2. The Hall–Kier alpha value is -2.87. The third kappa shape index (κ3) is 6.09. The molecule has 4 rings (SSSR count). The van der Waals surface area contributed by atoms with Gasteiger partial charge in [-0.2, -0.15) is 13.2 Å². The first-order valence-electron chi connectivity index (χ1n) is 10.7. The van der Waals surface area contributed by atoms with Gasteiger partial charge in [-0.3, -0.25) is 9.69 Å². The molecule has 1 aliphatic carbocycles. The maximum Gasteiger partial charge on any atom is 0.490 e. The van der Waals surface area contributed by atoms with E-state index in [9.17, 15) is 18.0 Å². The van der Waals surface area contributed by atoms with Gasteiger partial charge in [0.15, 0.2) is 0 Å². The third-order valence-electron chi connectivity index (χ3n) is 6.06. The second kappa shape index (κ2) is 10.2. The topological polar surface area (TPSA) is 83.6 Å². The standard InChI is InChI=1S/C22H26N2O.C2HF3O2/c23-22(25)19-6-4-5-16(14-19)17-9-10-20-15-24(12-11-18(20)13-17)21-7-2-1-3-8-21;3-2(4,5)1(6)7/h4-6,9-10,13-14,21H,1-3,7-8,11-12,15H2,(H2,23,25);(H,6,7). The molecular weight excluding hydrogens is 421 g/mol. The molecule has 0 bridgehead atoms. The largest absolute Gasteiger partial charge is 0.490 e. The molecule has 3 N–H and O–H groups in total. The Bertz CT molecular complexity index is 969. The van der Waals surface area contributed by atoms with Crippen LogP contribution in [0.2, 0.25) is 0 Å². The second-order valence-electron chi connectivity index (χ2n) is 8.24. The van der Waals surface area contributed by atoms with E-state index < -0.39 is 12.1 Å². The number of carbonyl (C=O) groups is 2. The van der Waals surface area contributed by atoms with Gasteiger partial charge in [0.25, 0.3) is 0 Å². The number of aliphatic carboxylic acids is 1. The Morgan fingerprint density at radius 3 is 2.25 bits per heavy atom. The Kier molecular flexibility index (Phi) is 7.56. The summed E-state index contributed by atoms with van der Waals surface area (Å²) in [6.45, 7) is 2.25. The zero-order valence-electron chi connectivity index (χ0n) is 17.7. The van der Waals surface area contributed by atoms with Gasteiger partial charge >= 0.3 is 12.1 Å². The monoisotopic (exact) mass is 448 g/mol. The number of fused-ring (bicyclic) bond motifs is 1. The number of benzene rings is 2. The van der Waals surface area contributed by atoms with Gasteiger partial charge < -0.3 is 10.8 Å². The molecule has 0 aromatic heterocycles. The highest BCUT2D eigenvalue weighted by Gasteiger charge is 2.38. The number of carbonyl (C=O) groups excluding carboxylic acids is 1. The number of nitrogens with zero attached hydrogens (tertiary/aromatic N) is 1. The summed E-state index contributed by atoms with van der Waals surface area (Å²) in [6, 6.07) is 15.2. The van der Waals surface area contributed by atoms with E-state index in [0.717, 1.165) is 24.6 Å². The molecule has 32 heavy (non-hydrogen) atoms. The van der Waals surface area contributed by atoms with Crippen molar-refractivity contribution in [3.8, 4) is 11.1 Å². The van der Waals surface area contributed by atoms with Crippen LogP contribution in [-0.4, -0.2) is 40.6 Å². The number of amides is 1. The zero-order chi connectivity index (χ0) is 23.3. The molecule has 0 saturated heterocycles. The van der Waals surface area contributed by atoms with E-state index >= 15 is 0 Å². The summed E-state index contributed by atoms with van der Waals surface area (Å²) in [4.78, 5) is 23.0. The number of nitrogens with two attached hydrogens (primary N) is 1. The molecule has 0 unspecified atom stereocenters. The summed E-state index contributed by atoms with van der Waals surface area (Å²) in [6.07, 6.45) is 2.97. The quantitative estimate of drug-likeness (QED) is 0.708. The lowest BCUT2D eigenvalue weighted by Gasteiger charge is -2.37. The maximum atomic E-state index is 11.4. The summed E-state index contributed by atoms with van der Waals surface area (Å²) < 4.78 is 31.7. The molecule has 1 heterocycles. The first-order chi connectivity index (χ1) is 15.1. The van der Waals surface area contributed by atoms with Gasteiger partial charge in [0.05, 0.1) is 0 Å². The molecule has 5 nitrogen and oxygen atoms in total. The number of primary amides is 1. The highest BCUT2D eigenvalue weighted by atomic mass is 19.4. The summed E-state index contributed by atoms with van der Waals surface area (Å²) >= 11 is 0. The molecule has 1 saturated carbocycles. The fourth-order valence-corrected chi connectivity index (χ4v) is 4.36. The first kappa shape index (κ1) is 23.8. The van der Waals surface area contributed by atoms with Crippen molar-refractivity contribution in [2.24, 2.45) is 5.73 Å². The van der Waals surface area contributed by atoms with Gasteiger partial charge in [0, 0.05) is 24.7 Å². The van der Waals surface area contributed by atoms with Gasteiger partial charge in [0.2, 0.25) is 5.91 Å². The van der Waals surface area contributed by atoms with Crippen LogP contribution in [0.15, 0.2) is 42.5 Å². The van der Waals surface area contributed by atoms with E-state index in [4.69, 9.17) is 15.6 Å². The van der Waals surface area contributed by atoms with Crippen molar-refractivity contribution in [3.63, 3.8) is 0 Å². The molecule has 1 fully saturated rings. The minimum absolute atomic E-state index is 0.372. The molecule has 2 aromatic carbocycles. The molecule has 0 spiro atoms. The van der Waals surface area contributed by atoms with Crippen LogP contribution in [0.25, 0.3) is 11.1 Å². The number of rotatable bonds is 3. The summed E-state index contributed by atoms with van der Waals surface area (Å²) in [5.41, 5.74) is 11.1. The van der Waals surface area contributed by atoms with E-state index in [1.165, 1.54) is 55.3 Å². The van der Waals surface area contributed by atoms with Crippen LogP contribution < -0.4 is 5.73 Å². The highest BCUT2D eigenvalue weighted by molar-refractivity contribution is 5.94. The first-order valence-corrected chi connectivity index (χ1v) is 10.7. The highest BCUT2D eigenvalue weighted by Crippen LogP contribution is 2.30. The van der Waals surface area contributed by atoms with E-state index in [0.29, 0.717) is 5.56 Å². The van der Waals surface area contributed by atoms with E-state index in [2.05, 4.69) is 23.1 Å².